The first-order valence-electron chi connectivity index (χ1n) is 7.67. The monoisotopic (exact) mass is 329 g/mol. The van der Waals surface area contributed by atoms with Crippen molar-refractivity contribution in [3.05, 3.63) is 48.0 Å². The highest BCUT2D eigenvalue weighted by atomic mass is 32.2. The van der Waals surface area contributed by atoms with Crippen molar-refractivity contribution in [3.8, 4) is 0 Å². The van der Waals surface area contributed by atoms with Gasteiger partial charge in [0.05, 0.1) is 21.2 Å². The van der Waals surface area contributed by atoms with E-state index in [2.05, 4.69) is 0 Å². The Morgan fingerprint density at radius 2 is 1.74 bits per heavy atom. The Morgan fingerprint density at radius 1 is 1.04 bits per heavy atom. The van der Waals surface area contributed by atoms with Gasteiger partial charge in [-0.1, -0.05) is 25.1 Å². The van der Waals surface area contributed by atoms with Gasteiger partial charge in [0.2, 0.25) is 9.84 Å². The molecule has 0 saturated heterocycles. The molecule has 23 heavy (non-hydrogen) atoms. The van der Waals surface area contributed by atoms with E-state index in [1.54, 1.807) is 30.3 Å². The third-order valence-electron chi connectivity index (χ3n) is 4.12. The minimum absolute atomic E-state index is 0.175. The molecule has 0 amide bonds. The summed E-state index contributed by atoms with van der Waals surface area (Å²) in [7, 11) is -1.67. The Bertz CT molecular complexity index is 872. The Balaban J connectivity index is 2.08. The lowest BCUT2D eigenvalue weighted by atomic mass is 10.0. The van der Waals surface area contributed by atoms with Crippen molar-refractivity contribution in [2.75, 3.05) is 11.9 Å². The van der Waals surface area contributed by atoms with Gasteiger partial charge in [-0.25, -0.2) is 8.42 Å². The van der Waals surface area contributed by atoms with Crippen molar-refractivity contribution in [3.63, 3.8) is 0 Å². The van der Waals surface area contributed by atoms with Crippen molar-refractivity contribution in [1.29, 1.82) is 0 Å². The smallest absolute Gasteiger partial charge is 0.210 e. The second-order valence-corrected chi connectivity index (χ2v) is 7.68. The first kappa shape index (κ1) is 15.7. The molecule has 1 aliphatic heterocycles. The third-order valence-corrected chi connectivity index (χ3v) is 5.97. The number of sulfone groups is 1. The summed E-state index contributed by atoms with van der Waals surface area (Å²) in [6.07, 6.45) is 1.72. The van der Waals surface area contributed by atoms with Gasteiger partial charge in [-0.15, -0.1) is 0 Å². The predicted molar refractivity (Wildman–Crippen MR) is 90.0 cm³/mol. The zero-order valence-corrected chi connectivity index (χ0v) is 14.1. The van der Waals surface area contributed by atoms with Gasteiger partial charge in [-0.05, 0) is 36.2 Å². The summed E-state index contributed by atoms with van der Waals surface area (Å²) in [6.45, 7) is 1.97. The number of Topliss-reactive ketones (excluding diaryl/α,β-unsaturated/α-hetero) is 1. The molecular formula is C18H19NO3S. The van der Waals surface area contributed by atoms with Gasteiger partial charge in [0.15, 0.2) is 0 Å². The molecule has 0 unspecified atom stereocenters. The van der Waals surface area contributed by atoms with Crippen LogP contribution in [0.1, 0.15) is 25.3 Å². The lowest BCUT2D eigenvalue weighted by molar-refractivity contribution is -0.118. The third kappa shape index (κ3) is 2.65. The van der Waals surface area contributed by atoms with E-state index in [0.29, 0.717) is 34.0 Å². The summed E-state index contributed by atoms with van der Waals surface area (Å²) in [5, 5.41) is 0. The molecule has 0 saturated carbocycles. The molecule has 0 aromatic heterocycles. The zero-order valence-electron chi connectivity index (χ0n) is 13.2. The standard InChI is InChI=1S/C18H19NO3S/c1-3-6-14(20)11-13-9-10-18-16(12-13)19(2)15-7-4-5-8-17(15)23(18,21)22/h4-5,7-10,12H,3,6,11H2,1-2H3. The molecule has 0 atom stereocenters. The van der Waals surface area contributed by atoms with Crippen LogP contribution in [-0.4, -0.2) is 21.2 Å². The molecule has 2 aromatic carbocycles. The Hall–Kier alpha value is -2.14. The number of fused-ring (bicyclic) bond motifs is 2. The van der Waals surface area contributed by atoms with Crippen LogP contribution in [0.25, 0.3) is 0 Å². The highest BCUT2D eigenvalue weighted by molar-refractivity contribution is 7.92. The molecular weight excluding hydrogens is 310 g/mol. The van der Waals surface area contributed by atoms with Gasteiger partial charge in [0.25, 0.3) is 0 Å². The van der Waals surface area contributed by atoms with Gasteiger partial charge < -0.3 is 4.90 Å². The molecule has 5 heteroatoms. The highest BCUT2D eigenvalue weighted by Crippen LogP contribution is 2.43. The van der Waals surface area contributed by atoms with Crippen LogP contribution in [0, 0.1) is 0 Å². The summed E-state index contributed by atoms with van der Waals surface area (Å²) in [5.41, 5.74) is 2.14. The normalized spacial score (nSPS) is 15.0. The Kier molecular flexibility index (Phi) is 3.98. The number of rotatable bonds is 4. The molecule has 1 heterocycles. The maximum atomic E-state index is 12.8. The fraction of sp³-hybridized carbons (Fsp3) is 0.278. The lowest BCUT2D eigenvalue weighted by Crippen LogP contribution is -2.22. The van der Waals surface area contributed by atoms with Crippen LogP contribution >= 0.6 is 0 Å². The molecule has 3 rings (SSSR count). The van der Waals surface area contributed by atoms with Gasteiger partial charge >= 0.3 is 0 Å². The van der Waals surface area contributed by atoms with Crippen molar-refractivity contribution < 1.29 is 13.2 Å². The maximum Gasteiger partial charge on any atom is 0.210 e. The van der Waals surface area contributed by atoms with Crippen LogP contribution < -0.4 is 4.90 Å². The molecule has 0 N–H and O–H groups in total. The highest BCUT2D eigenvalue weighted by Gasteiger charge is 2.32. The van der Waals surface area contributed by atoms with Gasteiger partial charge in [-0.2, -0.15) is 0 Å². The number of para-hydroxylation sites is 1. The van der Waals surface area contributed by atoms with Crippen LogP contribution in [0.3, 0.4) is 0 Å². The molecule has 0 radical (unpaired) electrons. The van der Waals surface area contributed by atoms with E-state index in [4.69, 9.17) is 0 Å². The number of hydrogen-bond acceptors (Lipinski definition) is 4. The Morgan fingerprint density at radius 3 is 2.48 bits per heavy atom. The van der Waals surface area contributed by atoms with E-state index in [0.717, 1.165) is 12.0 Å². The zero-order chi connectivity index (χ0) is 16.6. The van der Waals surface area contributed by atoms with E-state index in [1.165, 1.54) is 0 Å². The van der Waals surface area contributed by atoms with Crippen molar-refractivity contribution in [1.82, 2.24) is 0 Å². The number of hydrogen-bond donors (Lipinski definition) is 0. The lowest BCUT2D eigenvalue weighted by Gasteiger charge is -2.30. The van der Waals surface area contributed by atoms with Gasteiger partial charge in [-0.3, -0.25) is 4.79 Å². The quantitative estimate of drug-likeness (QED) is 0.861. The van der Waals surface area contributed by atoms with Crippen molar-refractivity contribution >= 4 is 27.0 Å². The summed E-state index contributed by atoms with van der Waals surface area (Å²) < 4.78 is 25.6. The van der Waals surface area contributed by atoms with Crippen LogP contribution in [0.5, 0.6) is 0 Å². The van der Waals surface area contributed by atoms with E-state index in [9.17, 15) is 13.2 Å². The summed E-state index contributed by atoms with van der Waals surface area (Å²) in [6, 6.07) is 12.2. The molecule has 1 aliphatic rings. The molecule has 0 spiro atoms. The first-order chi connectivity index (χ1) is 10.9. The van der Waals surface area contributed by atoms with E-state index < -0.39 is 9.84 Å². The number of nitrogens with zero attached hydrogens (tertiary/aromatic N) is 1. The largest absolute Gasteiger partial charge is 0.342 e. The number of benzene rings is 2. The number of anilines is 2. The number of carbonyl (C=O) groups is 1. The average Bonchev–Trinajstić information content (AvgIpc) is 2.53. The first-order valence-corrected chi connectivity index (χ1v) is 9.16. The van der Waals surface area contributed by atoms with Crippen molar-refractivity contribution in [2.45, 2.75) is 36.0 Å². The van der Waals surface area contributed by atoms with Crippen LogP contribution in [0.15, 0.2) is 52.3 Å². The molecule has 0 bridgehead atoms. The minimum Gasteiger partial charge on any atom is -0.342 e. The van der Waals surface area contributed by atoms with E-state index in [-0.39, 0.29) is 5.78 Å². The fourth-order valence-electron chi connectivity index (χ4n) is 2.97. The predicted octanol–water partition coefficient (Wildman–Crippen LogP) is 3.51. The van der Waals surface area contributed by atoms with Gasteiger partial charge in [0.1, 0.15) is 5.78 Å². The number of carbonyl (C=O) groups excluding carboxylic acids is 1. The van der Waals surface area contributed by atoms with Crippen LogP contribution in [0.2, 0.25) is 0 Å². The summed E-state index contributed by atoms with van der Waals surface area (Å²) in [4.78, 5) is 14.4. The molecule has 0 aliphatic carbocycles. The molecule has 4 nitrogen and oxygen atoms in total. The topological polar surface area (TPSA) is 54.5 Å². The van der Waals surface area contributed by atoms with E-state index in [1.807, 2.05) is 31.0 Å². The number of ketones is 1. The average molecular weight is 329 g/mol. The summed E-state index contributed by atoms with van der Waals surface area (Å²) >= 11 is 0. The molecule has 0 fully saturated rings. The molecule has 120 valence electrons. The van der Waals surface area contributed by atoms with Crippen molar-refractivity contribution in [2.24, 2.45) is 0 Å². The van der Waals surface area contributed by atoms with Crippen LogP contribution in [0.4, 0.5) is 11.4 Å². The van der Waals surface area contributed by atoms with E-state index >= 15 is 0 Å². The maximum absolute atomic E-state index is 12.8. The second-order valence-electron chi connectivity index (χ2n) is 5.80. The van der Waals surface area contributed by atoms with Gasteiger partial charge in [0, 0.05) is 19.9 Å². The minimum atomic E-state index is -3.52. The summed E-state index contributed by atoms with van der Waals surface area (Å²) in [5.74, 6) is 0.175. The fourth-order valence-corrected chi connectivity index (χ4v) is 4.66. The molecule has 2 aromatic rings. The second kappa shape index (κ2) is 5.81. The van der Waals surface area contributed by atoms with Crippen LogP contribution in [-0.2, 0) is 21.1 Å². The Labute approximate surface area is 136 Å². The SMILES string of the molecule is CCCC(=O)Cc1ccc2c(c1)N(C)c1ccccc1S2(=O)=O.